The van der Waals surface area contributed by atoms with E-state index in [1.165, 1.54) is 17.5 Å². The molecular formula is C18H17N3O3S. The maximum Gasteiger partial charge on any atom is 0.253 e. The predicted octanol–water partition coefficient (Wildman–Crippen LogP) is 1.73. The monoisotopic (exact) mass is 355 g/mol. The number of aromatic nitrogens is 1. The van der Waals surface area contributed by atoms with Gasteiger partial charge in [0.1, 0.15) is 4.83 Å². The Bertz CT molecular complexity index is 908. The molecule has 1 atom stereocenters. The number of benzene rings is 1. The highest BCUT2D eigenvalue weighted by Gasteiger charge is 2.18. The van der Waals surface area contributed by atoms with Crippen molar-refractivity contribution in [1.29, 1.82) is 0 Å². The maximum absolute atomic E-state index is 12.6. The van der Waals surface area contributed by atoms with Crippen LogP contribution in [0.4, 0.5) is 0 Å². The molecule has 1 unspecified atom stereocenters. The normalized spacial score (nSPS) is 12.0. The molecule has 2 heterocycles. The molecule has 7 heteroatoms. The molecule has 6 nitrogen and oxygen atoms in total. The van der Waals surface area contributed by atoms with Crippen LogP contribution in [0.1, 0.15) is 26.3 Å². The van der Waals surface area contributed by atoms with Gasteiger partial charge in [-0.25, -0.2) is 4.98 Å². The van der Waals surface area contributed by atoms with Gasteiger partial charge in [0, 0.05) is 17.0 Å². The Kier molecular flexibility index (Phi) is 5.06. The van der Waals surface area contributed by atoms with Crippen molar-refractivity contribution in [3.8, 4) is 0 Å². The fourth-order valence-electron chi connectivity index (χ4n) is 2.55. The minimum absolute atomic E-state index is 0.173. The van der Waals surface area contributed by atoms with E-state index in [1.54, 1.807) is 11.4 Å². The second kappa shape index (κ2) is 7.42. The number of aliphatic hydroxyl groups is 1. The summed E-state index contributed by atoms with van der Waals surface area (Å²) >= 11 is 1.31. The Morgan fingerprint density at radius 1 is 1.28 bits per heavy atom. The molecule has 0 aliphatic carbocycles. The first kappa shape index (κ1) is 17.1. The third-order valence-electron chi connectivity index (χ3n) is 3.84. The summed E-state index contributed by atoms with van der Waals surface area (Å²) < 4.78 is 0. The topological polar surface area (TPSA) is 105 Å². The first-order chi connectivity index (χ1) is 12.1. The Balaban J connectivity index is 1.81. The number of nitrogens with zero attached hydrogens (tertiary/aromatic N) is 1. The van der Waals surface area contributed by atoms with Gasteiger partial charge >= 0.3 is 0 Å². The zero-order chi connectivity index (χ0) is 17.8. The Hall–Kier alpha value is -2.77. The van der Waals surface area contributed by atoms with Crippen LogP contribution >= 0.6 is 11.3 Å². The quantitative estimate of drug-likeness (QED) is 0.626. The van der Waals surface area contributed by atoms with E-state index in [2.05, 4.69) is 10.3 Å². The summed E-state index contributed by atoms with van der Waals surface area (Å²) in [5.74, 6) is -0.908. The lowest BCUT2D eigenvalue weighted by Crippen LogP contribution is -2.39. The molecule has 0 aliphatic rings. The molecule has 0 saturated carbocycles. The number of carbonyl (C=O) groups excluding carboxylic acids is 2. The van der Waals surface area contributed by atoms with E-state index in [0.717, 1.165) is 5.56 Å². The van der Waals surface area contributed by atoms with Crippen LogP contribution in [0, 0.1) is 0 Å². The van der Waals surface area contributed by atoms with Crippen LogP contribution in [0.5, 0.6) is 0 Å². The SMILES string of the molecule is NC(=O)c1cnc2scc(C(=O)NC(CO)Cc3ccccc3)c2c1. The van der Waals surface area contributed by atoms with E-state index in [4.69, 9.17) is 5.73 Å². The first-order valence-corrected chi connectivity index (χ1v) is 8.59. The molecule has 2 aromatic heterocycles. The van der Waals surface area contributed by atoms with Crippen LogP contribution < -0.4 is 11.1 Å². The average Bonchev–Trinajstić information content (AvgIpc) is 3.05. The summed E-state index contributed by atoms with van der Waals surface area (Å²) in [4.78, 5) is 28.7. The molecule has 0 spiro atoms. The van der Waals surface area contributed by atoms with Gasteiger partial charge in [-0.3, -0.25) is 9.59 Å². The number of fused-ring (bicyclic) bond motifs is 1. The molecule has 2 amide bonds. The van der Waals surface area contributed by atoms with Crippen molar-refractivity contribution in [2.45, 2.75) is 12.5 Å². The number of primary amides is 1. The first-order valence-electron chi connectivity index (χ1n) is 7.71. The molecule has 0 radical (unpaired) electrons. The Morgan fingerprint density at radius 3 is 2.72 bits per heavy atom. The van der Waals surface area contributed by atoms with Crippen molar-refractivity contribution in [3.63, 3.8) is 0 Å². The third kappa shape index (κ3) is 3.84. The number of amides is 2. The number of rotatable bonds is 6. The molecular weight excluding hydrogens is 338 g/mol. The minimum atomic E-state index is -0.593. The summed E-state index contributed by atoms with van der Waals surface area (Å²) in [6.07, 6.45) is 1.92. The zero-order valence-corrected chi connectivity index (χ0v) is 14.1. The molecule has 4 N–H and O–H groups in total. The Morgan fingerprint density at radius 2 is 2.04 bits per heavy atom. The van der Waals surface area contributed by atoms with Gasteiger partial charge in [-0.15, -0.1) is 11.3 Å². The highest BCUT2D eigenvalue weighted by molar-refractivity contribution is 7.17. The zero-order valence-electron chi connectivity index (χ0n) is 13.3. The number of thiophene rings is 1. The van der Waals surface area contributed by atoms with Gasteiger partial charge in [-0.05, 0) is 18.1 Å². The van der Waals surface area contributed by atoms with E-state index in [1.807, 2.05) is 30.3 Å². The van der Waals surface area contributed by atoms with E-state index >= 15 is 0 Å². The number of carbonyl (C=O) groups is 2. The number of hydrogen-bond acceptors (Lipinski definition) is 5. The van der Waals surface area contributed by atoms with Crippen LogP contribution in [-0.2, 0) is 6.42 Å². The molecule has 25 heavy (non-hydrogen) atoms. The van der Waals surface area contributed by atoms with Gasteiger partial charge in [-0.1, -0.05) is 30.3 Å². The largest absolute Gasteiger partial charge is 0.394 e. The highest BCUT2D eigenvalue weighted by atomic mass is 32.1. The van der Waals surface area contributed by atoms with Crippen LogP contribution in [0.2, 0.25) is 0 Å². The number of pyridine rings is 1. The lowest BCUT2D eigenvalue weighted by atomic mass is 10.1. The van der Waals surface area contributed by atoms with Gasteiger partial charge in [0.25, 0.3) is 5.91 Å². The molecule has 0 fully saturated rings. The lowest BCUT2D eigenvalue weighted by molar-refractivity contribution is 0.0917. The fraction of sp³-hybridized carbons (Fsp3) is 0.167. The maximum atomic E-state index is 12.6. The minimum Gasteiger partial charge on any atom is -0.394 e. The van der Waals surface area contributed by atoms with Gasteiger partial charge in [0.15, 0.2) is 0 Å². The summed E-state index contributed by atoms with van der Waals surface area (Å²) in [5, 5.41) is 14.7. The fourth-order valence-corrected chi connectivity index (χ4v) is 3.42. The molecule has 0 aliphatic heterocycles. The van der Waals surface area contributed by atoms with Crippen LogP contribution in [0.15, 0.2) is 48.0 Å². The third-order valence-corrected chi connectivity index (χ3v) is 4.74. The molecule has 1 aromatic carbocycles. The summed E-state index contributed by atoms with van der Waals surface area (Å²) in [6.45, 7) is -0.173. The summed E-state index contributed by atoms with van der Waals surface area (Å²) in [7, 11) is 0. The van der Waals surface area contributed by atoms with E-state index in [-0.39, 0.29) is 18.1 Å². The standard InChI is InChI=1S/C18H17N3O3S/c19-16(23)12-7-14-15(10-25-18(14)20-8-12)17(24)21-13(9-22)6-11-4-2-1-3-5-11/h1-5,7-8,10,13,22H,6,9H2,(H2,19,23)(H,21,24). The van der Waals surface area contributed by atoms with Gasteiger partial charge in [0.2, 0.25) is 5.91 Å². The summed E-state index contributed by atoms with van der Waals surface area (Å²) in [6, 6.07) is 10.8. The van der Waals surface area contributed by atoms with Crippen LogP contribution in [0.25, 0.3) is 10.2 Å². The number of nitrogens with two attached hydrogens (primary N) is 1. The van der Waals surface area contributed by atoms with Gasteiger partial charge in [0.05, 0.1) is 23.8 Å². The smallest absolute Gasteiger partial charge is 0.253 e. The molecule has 3 aromatic rings. The predicted molar refractivity (Wildman–Crippen MR) is 96.6 cm³/mol. The molecule has 128 valence electrons. The van der Waals surface area contributed by atoms with Crippen molar-refractivity contribution in [1.82, 2.24) is 10.3 Å². The van der Waals surface area contributed by atoms with Crippen molar-refractivity contribution in [2.75, 3.05) is 6.61 Å². The van der Waals surface area contributed by atoms with Crippen molar-refractivity contribution >= 4 is 33.4 Å². The number of nitrogens with one attached hydrogen (secondary N) is 1. The average molecular weight is 355 g/mol. The molecule has 0 bridgehead atoms. The van der Waals surface area contributed by atoms with Crippen LogP contribution in [-0.4, -0.2) is 34.6 Å². The number of hydrogen-bond donors (Lipinski definition) is 3. The number of aliphatic hydroxyl groups excluding tert-OH is 1. The highest BCUT2D eigenvalue weighted by Crippen LogP contribution is 2.25. The van der Waals surface area contributed by atoms with Crippen molar-refractivity contribution < 1.29 is 14.7 Å². The van der Waals surface area contributed by atoms with E-state index < -0.39 is 11.9 Å². The second-order valence-corrected chi connectivity index (χ2v) is 6.49. The Labute approximate surface area is 148 Å². The molecule has 3 rings (SSSR count). The van der Waals surface area contributed by atoms with Gasteiger partial charge < -0.3 is 16.2 Å². The van der Waals surface area contributed by atoms with Crippen molar-refractivity contribution in [3.05, 3.63) is 64.7 Å². The molecule has 0 saturated heterocycles. The van der Waals surface area contributed by atoms with E-state index in [0.29, 0.717) is 22.2 Å². The van der Waals surface area contributed by atoms with Crippen LogP contribution in [0.3, 0.4) is 0 Å². The second-order valence-electron chi connectivity index (χ2n) is 5.63. The van der Waals surface area contributed by atoms with E-state index in [9.17, 15) is 14.7 Å². The van der Waals surface area contributed by atoms with Crippen molar-refractivity contribution in [2.24, 2.45) is 5.73 Å². The summed E-state index contributed by atoms with van der Waals surface area (Å²) in [5.41, 5.74) is 6.97. The lowest BCUT2D eigenvalue weighted by Gasteiger charge is -2.16. The van der Waals surface area contributed by atoms with Gasteiger partial charge in [-0.2, -0.15) is 0 Å².